The van der Waals surface area contributed by atoms with Crippen LogP contribution in [-0.2, 0) is 0 Å². The van der Waals surface area contributed by atoms with E-state index < -0.39 is 6.03 Å². The monoisotopic (exact) mass is 263 g/mol. The van der Waals surface area contributed by atoms with Gasteiger partial charge in [-0.2, -0.15) is 5.10 Å². The molecule has 4 nitrogen and oxygen atoms in total. The summed E-state index contributed by atoms with van der Waals surface area (Å²) in [5.41, 5.74) is 12.1. The molecule has 3 N–H and O–H groups in total. The summed E-state index contributed by atoms with van der Waals surface area (Å²) >= 11 is 0. The van der Waals surface area contributed by atoms with Crippen molar-refractivity contribution >= 4 is 11.7 Å². The van der Waals surface area contributed by atoms with Crippen molar-refractivity contribution in [3.8, 4) is 0 Å². The lowest BCUT2D eigenvalue weighted by molar-refractivity contribution is 0.249. The Morgan fingerprint density at radius 1 is 1.42 bits per heavy atom. The number of nitrogens with one attached hydrogen (secondary N) is 1. The first-order valence-corrected chi connectivity index (χ1v) is 7.21. The van der Waals surface area contributed by atoms with Crippen LogP contribution in [0.4, 0.5) is 4.79 Å². The number of urea groups is 1. The second-order valence-corrected chi connectivity index (χ2v) is 6.49. The number of hydrogen-bond donors (Lipinski definition) is 2. The van der Waals surface area contributed by atoms with Crippen LogP contribution >= 0.6 is 0 Å². The smallest absolute Gasteiger partial charge is 0.332 e. The van der Waals surface area contributed by atoms with Crippen LogP contribution in [0.3, 0.4) is 0 Å². The summed E-state index contributed by atoms with van der Waals surface area (Å²) < 4.78 is 0. The van der Waals surface area contributed by atoms with Gasteiger partial charge in [-0.3, -0.25) is 0 Å². The van der Waals surface area contributed by atoms with Crippen molar-refractivity contribution in [1.82, 2.24) is 5.43 Å². The maximum atomic E-state index is 10.7. The van der Waals surface area contributed by atoms with Gasteiger partial charge in [0.1, 0.15) is 0 Å². The van der Waals surface area contributed by atoms with Crippen molar-refractivity contribution in [3.05, 3.63) is 11.1 Å². The number of nitrogens with zero attached hydrogens (tertiary/aromatic N) is 1. The molecule has 0 radical (unpaired) electrons. The predicted molar refractivity (Wildman–Crippen MR) is 77.8 cm³/mol. The molecule has 0 spiro atoms. The molecule has 1 atom stereocenters. The molecule has 2 aliphatic carbocycles. The van der Waals surface area contributed by atoms with Gasteiger partial charge in [0.2, 0.25) is 0 Å². The molecule has 2 aliphatic rings. The summed E-state index contributed by atoms with van der Waals surface area (Å²) in [4.78, 5) is 10.7. The highest BCUT2D eigenvalue weighted by molar-refractivity contribution is 5.86. The lowest BCUT2D eigenvalue weighted by atomic mass is 9.65. The molecule has 106 valence electrons. The summed E-state index contributed by atoms with van der Waals surface area (Å²) in [6, 6.07) is -0.590. The van der Waals surface area contributed by atoms with E-state index in [0.717, 1.165) is 18.6 Å². The maximum absolute atomic E-state index is 10.7. The average Bonchev–Trinajstić information content (AvgIpc) is 2.35. The summed E-state index contributed by atoms with van der Waals surface area (Å²) in [5, 5.41) is 4.10. The number of hydrogen-bond acceptors (Lipinski definition) is 2. The van der Waals surface area contributed by atoms with Crippen LogP contribution in [-0.4, -0.2) is 11.7 Å². The highest BCUT2D eigenvalue weighted by Crippen LogP contribution is 2.47. The fourth-order valence-electron chi connectivity index (χ4n) is 3.51. The van der Waals surface area contributed by atoms with Crippen LogP contribution in [0, 0.1) is 11.3 Å². The number of carbonyl (C=O) groups excluding carboxylic acids is 1. The van der Waals surface area contributed by atoms with Gasteiger partial charge in [-0.05, 0) is 50.9 Å². The standard InChI is InChI=1S/C15H25N3O/c1-10(17-18-14(16)19)12-7-6-11-5-4-8-15(2,3)13(11)9-12/h12H,4-9H2,1-3H3,(H3,16,18,19)/b17-10+. The number of hydrazone groups is 1. The third kappa shape index (κ3) is 3.17. The second-order valence-electron chi connectivity index (χ2n) is 6.49. The van der Waals surface area contributed by atoms with Crippen LogP contribution in [0.25, 0.3) is 0 Å². The van der Waals surface area contributed by atoms with Crippen LogP contribution < -0.4 is 11.2 Å². The van der Waals surface area contributed by atoms with Crippen molar-refractivity contribution in [3.63, 3.8) is 0 Å². The minimum absolute atomic E-state index is 0.337. The maximum Gasteiger partial charge on any atom is 0.332 e. The molecule has 0 saturated carbocycles. The Bertz CT molecular complexity index is 435. The van der Waals surface area contributed by atoms with E-state index in [1.165, 1.54) is 25.7 Å². The molecule has 2 amide bonds. The van der Waals surface area contributed by atoms with Crippen LogP contribution in [0.2, 0.25) is 0 Å². The normalized spacial score (nSPS) is 26.9. The van der Waals surface area contributed by atoms with Crippen LogP contribution in [0.1, 0.15) is 59.3 Å². The van der Waals surface area contributed by atoms with E-state index in [0.29, 0.717) is 11.3 Å². The SMILES string of the molecule is C/C(=N\NC(N)=O)C1CCC2=C(C1)C(C)(C)CCC2. The van der Waals surface area contributed by atoms with Gasteiger partial charge in [-0.15, -0.1) is 0 Å². The summed E-state index contributed by atoms with van der Waals surface area (Å²) in [6.07, 6.45) is 7.32. The van der Waals surface area contributed by atoms with Crippen molar-refractivity contribution in [2.24, 2.45) is 22.2 Å². The summed E-state index contributed by atoms with van der Waals surface area (Å²) in [6.45, 7) is 6.71. The predicted octanol–water partition coefficient (Wildman–Crippen LogP) is 3.34. The van der Waals surface area contributed by atoms with E-state index >= 15 is 0 Å². The molecular weight excluding hydrogens is 238 g/mol. The highest BCUT2D eigenvalue weighted by Gasteiger charge is 2.34. The van der Waals surface area contributed by atoms with Gasteiger partial charge >= 0.3 is 6.03 Å². The van der Waals surface area contributed by atoms with Gasteiger partial charge in [0, 0.05) is 11.6 Å². The first-order valence-electron chi connectivity index (χ1n) is 7.21. The van der Waals surface area contributed by atoms with Gasteiger partial charge in [0.05, 0.1) is 0 Å². The Morgan fingerprint density at radius 2 is 2.16 bits per heavy atom. The van der Waals surface area contributed by atoms with Gasteiger partial charge in [-0.25, -0.2) is 10.2 Å². The van der Waals surface area contributed by atoms with Gasteiger partial charge in [-0.1, -0.05) is 25.0 Å². The van der Waals surface area contributed by atoms with Crippen molar-refractivity contribution in [2.45, 2.75) is 59.3 Å². The molecule has 0 saturated heterocycles. The molecule has 0 fully saturated rings. The van der Waals surface area contributed by atoms with E-state index in [-0.39, 0.29) is 0 Å². The van der Waals surface area contributed by atoms with E-state index in [1.54, 1.807) is 11.1 Å². The number of amides is 2. The summed E-state index contributed by atoms with van der Waals surface area (Å²) in [7, 11) is 0. The van der Waals surface area contributed by atoms with Crippen molar-refractivity contribution < 1.29 is 4.79 Å². The van der Waals surface area contributed by atoms with Crippen molar-refractivity contribution in [1.29, 1.82) is 0 Å². The second kappa shape index (κ2) is 5.35. The molecule has 0 aromatic rings. The third-order valence-corrected chi connectivity index (χ3v) is 4.70. The Morgan fingerprint density at radius 3 is 2.84 bits per heavy atom. The number of rotatable bonds is 2. The topological polar surface area (TPSA) is 67.5 Å². The van der Waals surface area contributed by atoms with Gasteiger partial charge < -0.3 is 5.73 Å². The van der Waals surface area contributed by atoms with Crippen molar-refractivity contribution in [2.75, 3.05) is 0 Å². The lowest BCUT2D eigenvalue weighted by Gasteiger charge is -2.40. The Hall–Kier alpha value is -1.32. The Labute approximate surface area is 115 Å². The molecular formula is C15H25N3O. The minimum Gasteiger partial charge on any atom is -0.350 e. The fraction of sp³-hybridized carbons (Fsp3) is 0.733. The first-order chi connectivity index (χ1) is 8.90. The zero-order valence-electron chi connectivity index (χ0n) is 12.3. The Kier molecular flexibility index (Phi) is 3.97. The molecule has 1 unspecified atom stereocenters. The van der Waals surface area contributed by atoms with Crippen LogP contribution in [0.5, 0.6) is 0 Å². The molecule has 0 aromatic heterocycles. The molecule has 2 rings (SSSR count). The first kappa shape index (κ1) is 14.1. The van der Waals surface area contributed by atoms with Gasteiger partial charge in [0.15, 0.2) is 0 Å². The molecule has 19 heavy (non-hydrogen) atoms. The highest BCUT2D eigenvalue weighted by atomic mass is 16.2. The molecule has 0 bridgehead atoms. The molecule has 4 heteroatoms. The zero-order chi connectivity index (χ0) is 14.0. The number of carbonyl (C=O) groups is 1. The van der Waals surface area contributed by atoms with E-state index in [9.17, 15) is 4.79 Å². The quantitative estimate of drug-likeness (QED) is 0.448. The molecule has 0 heterocycles. The van der Waals surface area contributed by atoms with E-state index in [1.807, 2.05) is 6.92 Å². The number of allylic oxidation sites excluding steroid dienone is 2. The average molecular weight is 263 g/mol. The molecule has 0 aromatic carbocycles. The zero-order valence-corrected chi connectivity index (χ0v) is 12.3. The Balaban J connectivity index is 2.11. The van der Waals surface area contributed by atoms with E-state index in [4.69, 9.17) is 5.73 Å². The number of nitrogens with two attached hydrogens (primary N) is 1. The largest absolute Gasteiger partial charge is 0.350 e. The summed E-state index contributed by atoms with van der Waals surface area (Å²) in [5.74, 6) is 0.447. The minimum atomic E-state index is -0.590. The third-order valence-electron chi connectivity index (χ3n) is 4.70. The lowest BCUT2D eigenvalue weighted by Crippen LogP contribution is -2.30. The van der Waals surface area contributed by atoms with E-state index in [2.05, 4.69) is 24.4 Å². The molecule has 0 aliphatic heterocycles. The fourth-order valence-corrected chi connectivity index (χ4v) is 3.51. The van der Waals surface area contributed by atoms with Gasteiger partial charge in [0.25, 0.3) is 0 Å². The van der Waals surface area contributed by atoms with Crippen LogP contribution in [0.15, 0.2) is 16.2 Å². The number of primary amides is 1.